The van der Waals surface area contributed by atoms with Gasteiger partial charge in [-0.2, -0.15) is 0 Å². The number of aryl methyl sites for hydroxylation is 1. The Balaban J connectivity index is 1.25. The molecule has 0 amide bonds. The van der Waals surface area contributed by atoms with Crippen molar-refractivity contribution in [1.29, 1.82) is 0 Å². The second kappa shape index (κ2) is 24.6. The van der Waals surface area contributed by atoms with Crippen molar-refractivity contribution in [3.8, 4) is 5.75 Å². The first-order valence-corrected chi connectivity index (χ1v) is 25.5. The van der Waals surface area contributed by atoms with Gasteiger partial charge in [0.1, 0.15) is 29.6 Å². The Morgan fingerprint density at radius 2 is 1.50 bits per heavy atom. The number of hydrogen-bond acceptors (Lipinski definition) is 11. The van der Waals surface area contributed by atoms with Gasteiger partial charge in [-0.05, 0) is 90.1 Å². The summed E-state index contributed by atoms with van der Waals surface area (Å²) >= 11 is 5.94. The van der Waals surface area contributed by atoms with E-state index in [1.807, 2.05) is 71.5 Å². The lowest BCUT2D eigenvalue weighted by atomic mass is 9.80. The average Bonchev–Trinajstić information content (AvgIpc) is 3.67. The molecule has 0 bridgehead atoms. The third-order valence-corrected chi connectivity index (χ3v) is 16.0. The fourth-order valence-corrected chi connectivity index (χ4v) is 11.9. The molecule has 4 atom stereocenters. The van der Waals surface area contributed by atoms with E-state index in [1.54, 1.807) is 31.0 Å². The second-order valence-corrected chi connectivity index (χ2v) is 21.3. The zero-order chi connectivity index (χ0) is 44.7. The summed E-state index contributed by atoms with van der Waals surface area (Å²) in [5.41, 5.74) is 1.27. The van der Waals surface area contributed by atoms with Crippen LogP contribution in [-0.2, 0) is 28.9 Å². The molecular weight excluding hydrogens is 865 g/mol. The van der Waals surface area contributed by atoms with Gasteiger partial charge in [0.05, 0.1) is 33.0 Å². The maximum Gasteiger partial charge on any atom is 0.330 e. The molecule has 15 heteroatoms. The number of unbranched alkanes of at least 4 members (excludes halogenated alkanes) is 2. The summed E-state index contributed by atoms with van der Waals surface area (Å²) in [5.74, 6) is 1.59. The van der Waals surface area contributed by atoms with Crippen molar-refractivity contribution >= 4 is 41.7 Å². The van der Waals surface area contributed by atoms with Crippen LogP contribution >= 0.6 is 41.7 Å². The second-order valence-electron chi connectivity index (χ2n) is 16.6. The minimum atomic E-state index is -1.16. The minimum Gasteiger partial charge on any atom is -0.497 e. The molecule has 0 saturated carbocycles. The van der Waals surface area contributed by atoms with Gasteiger partial charge in [0.2, 0.25) is 0 Å². The molecule has 0 aliphatic carbocycles. The van der Waals surface area contributed by atoms with E-state index in [9.17, 15) is 9.59 Å². The van der Waals surface area contributed by atoms with Crippen molar-refractivity contribution in [2.75, 3.05) is 38.7 Å². The number of benzene rings is 3. The van der Waals surface area contributed by atoms with Crippen molar-refractivity contribution in [3.63, 3.8) is 0 Å². The number of aromatic nitrogens is 2. The van der Waals surface area contributed by atoms with Crippen LogP contribution < -0.4 is 16.0 Å². The summed E-state index contributed by atoms with van der Waals surface area (Å²) in [5, 5.41) is 0. The highest BCUT2D eigenvalue weighted by Gasteiger charge is 2.43. The highest BCUT2D eigenvalue weighted by Crippen LogP contribution is 2.47. The molecule has 1 aliphatic heterocycles. The number of rotatable bonds is 26. The fraction of sp³-hybridized carbons (Fsp3) is 0.532. The van der Waals surface area contributed by atoms with E-state index in [0.717, 1.165) is 48.1 Å². The van der Waals surface area contributed by atoms with E-state index >= 15 is 0 Å². The SMILES string of the molecule is COc1ccc(C(OC[C@H]2O[C@@H](n3cc(C)c(=O)[nH]c3=O)C[C@@H]2OCSSC(C)(C)CCCCCOP(OCCCl)N(C(C)C)C(C)C)(c2ccccc2)c2ccccc2)cc1. The minimum absolute atomic E-state index is 0.0123. The Bertz CT molecular complexity index is 1990. The van der Waals surface area contributed by atoms with Crippen LogP contribution in [0.25, 0.3) is 0 Å². The first kappa shape index (κ1) is 50.3. The molecule has 5 rings (SSSR count). The predicted octanol–water partition coefficient (Wildman–Crippen LogP) is 10.8. The maximum atomic E-state index is 13.1. The fourth-order valence-electron chi connectivity index (χ4n) is 7.69. The first-order chi connectivity index (χ1) is 29.8. The van der Waals surface area contributed by atoms with Crippen molar-refractivity contribution in [2.24, 2.45) is 0 Å². The number of nitrogens with zero attached hydrogens (tertiary/aromatic N) is 2. The molecule has 2 heterocycles. The zero-order valence-electron chi connectivity index (χ0n) is 37.4. The number of aromatic amines is 1. The molecule has 1 fully saturated rings. The number of nitrogens with one attached hydrogen (secondary N) is 1. The van der Waals surface area contributed by atoms with E-state index in [2.05, 4.69) is 75.5 Å². The highest BCUT2D eigenvalue weighted by molar-refractivity contribution is 8.77. The maximum absolute atomic E-state index is 13.1. The van der Waals surface area contributed by atoms with Gasteiger partial charge in [-0.15, -0.1) is 11.6 Å². The predicted molar refractivity (Wildman–Crippen MR) is 255 cm³/mol. The van der Waals surface area contributed by atoms with Gasteiger partial charge < -0.3 is 28.0 Å². The summed E-state index contributed by atoms with van der Waals surface area (Å²) in [4.78, 5) is 27.8. The number of hydrogen-bond donors (Lipinski definition) is 1. The number of ether oxygens (including phenoxy) is 4. The summed E-state index contributed by atoms with van der Waals surface area (Å²) in [7, 11) is 3.98. The molecule has 1 aromatic heterocycles. The van der Waals surface area contributed by atoms with Crippen LogP contribution in [0.2, 0.25) is 0 Å². The van der Waals surface area contributed by atoms with Crippen LogP contribution in [0.1, 0.15) is 102 Å². The zero-order valence-corrected chi connectivity index (χ0v) is 40.7. The van der Waals surface area contributed by atoms with Gasteiger partial charge in [0, 0.05) is 40.9 Å². The van der Waals surface area contributed by atoms with Crippen LogP contribution in [0, 0.1) is 6.92 Å². The highest BCUT2D eigenvalue weighted by atomic mass is 35.5. The van der Waals surface area contributed by atoms with Gasteiger partial charge in [0.25, 0.3) is 14.1 Å². The Kier molecular flexibility index (Phi) is 19.9. The van der Waals surface area contributed by atoms with Crippen molar-refractivity contribution in [3.05, 3.63) is 134 Å². The topological polar surface area (TPSA) is 113 Å². The molecule has 0 radical (unpaired) electrons. The molecule has 3 aromatic carbocycles. The Hall–Kier alpha value is -2.68. The van der Waals surface area contributed by atoms with Crippen LogP contribution in [0.3, 0.4) is 0 Å². The molecule has 1 N–H and O–H groups in total. The van der Waals surface area contributed by atoms with E-state index in [0.29, 0.717) is 49.1 Å². The van der Waals surface area contributed by atoms with Crippen LogP contribution in [0.15, 0.2) is 101 Å². The Morgan fingerprint density at radius 1 is 0.887 bits per heavy atom. The van der Waals surface area contributed by atoms with Gasteiger partial charge in [-0.3, -0.25) is 14.3 Å². The number of alkyl halides is 1. The number of H-pyrrole nitrogens is 1. The first-order valence-electron chi connectivity index (χ1n) is 21.5. The largest absolute Gasteiger partial charge is 0.497 e. The molecule has 1 aliphatic rings. The molecule has 340 valence electrons. The van der Waals surface area contributed by atoms with Crippen molar-refractivity contribution in [1.82, 2.24) is 14.2 Å². The van der Waals surface area contributed by atoms with Crippen molar-refractivity contribution in [2.45, 2.75) is 121 Å². The monoisotopic (exact) mass is 929 g/mol. The van der Waals surface area contributed by atoms with E-state index in [-0.39, 0.29) is 11.4 Å². The van der Waals surface area contributed by atoms with Gasteiger partial charge in [-0.25, -0.2) is 9.46 Å². The third kappa shape index (κ3) is 13.7. The van der Waals surface area contributed by atoms with E-state index in [4.69, 9.17) is 39.6 Å². The van der Waals surface area contributed by atoms with Crippen molar-refractivity contribution < 1.29 is 28.0 Å². The molecule has 62 heavy (non-hydrogen) atoms. The molecule has 11 nitrogen and oxygen atoms in total. The average molecular weight is 931 g/mol. The van der Waals surface area contributed by atoms with Gasteiger partial charge in [-0.1, -0.05) is 107 Å². The van der Waals surface area contributed by atoms with Gasteiger partial charge >= 0.3 is 5.69 Å². The lowest BCUT2D eigenvalue weighted by Crippen LogP contribution is -2.38. The Labute approximate surface area is 382 Å². The lowest BCUT2D eigenvalue weighted by molar-refractivity contribution is -0.100. The Morgan fingerprint density at radius 3 is 2.10 bits per heavy atom. The summed E-state index contributed by atoms with van der Waals surface area (Å²) in [6.07, 6.45) is 4.48. The standard InChI is InChI=1S/C47H65ClN3O8PS2/c1-34(2)51(35(3)4)60(58-29-27-48)57-28-17-11-16-26-46(6,7)62-61-33-55-41-30-43(50-31-36(5)44(52)49-45(50)53)59-42(41)32-56-47(37-18-12-9-13-19-37,38-20-14-10-15-21-38)39-22-24-40(54-8)25-23-39/h9-10,12-15,18-25,31,34-35,41-43H,11,16-17,26-30,32-33H2,1-8H3,(H,49,52,53)/t41-,42+,43+,60?/m0/s1. The summed E-state index contributed by atoms with van der Waals surface area (Å²) in [6.45, 7) is 16.2. The quantitative estimate of drug-likeness (QED) is 0.0162. The lowest BCUT2D eigenvalue weighted by Gasteiger charge is -2.37. The van der Waals surface area contributed by atoms with E-state index < -0.39 is 43.8 Å². The van der Waals surface area contributed by atoms with Gasteiger partial charge in [0.15, 0.2) is 0 Å². The smallest absolute Gasteiger partial charge is 0.330 e. The van der Waals surface area contributed by atoms with Crippen LogP contribution in [0.5, 0.6) is 5.75 Å². The number of halogens is 1. The van der Waals surface area contributed by atoms with Crippen LogP contribution in [0.4, 0.5) is 0 Å². The summed E-state index contributed by atoms with van der Waals surface area (Å²) in [6, 6.07) is 28.8. The number of methoxy groups -OCH3 is 1. The summed E-state index contributed by atoms with van der Waals surface area (Å²) < 4.78 is 42.1. The van der Waals surface area contributed by atoms with Crippen LogP contribution in [-0.4, -0.2) is 82.0 Å². The molecule has 0 spiro atoms. The molecular formula is C47H65ClN3O8PS2. The molecule has 4 aromatic rings. The molecule has 1 unspecified atom stereocenters. The third-order valence-electron chi connectivity index (χ3n) is 10.7. The molecule has 1 saturated heterocycles. The normalized spacial score (nSPS) is 17.6. The van der Waals surface area contributed by atoms with E-state index in [1.165, 1.54) is 4.57 Å².